The van der Waals surface area contributed by atoms with Gasteiger partial charge in [-0.2, -0.15) is 5.10 Å². The van der Waals surface area contributed by atoms with E-state index in [2.05, 4.69) is 10.4 Å². The smallest absolute Gasteiger partial charge is 0.338 e. The average molecular weight is 209 g/mol. The van der Waals surface area contributed by atoms with Gasteiger partial charge in [0, 0.05) is 24.7 Å². The molecule has 5 nitrogen and oxygen atoms in total. The largest absolute Gasteiger partial charge is 0.478 e. The summed E-state index contributed by atoms with van der Waals surface area (Å²) in [6, 6.07) is 0. The Kier molecular flexibility index (Phi) is 2.48. The van der Waals surface area contributed by atoms with Crippen LogP contribution in [0.4, 0.5) is 0 Å². The lowest BCUT2D eigenvalue weighted by atomic mass is 10.1. The third-order valence-corrected chi connectivity index (χ3v) is 2.89. The van der Waals surface area contributed by atoms with Crippen LogP contribution in [0.5, 0.6) is 0 Å². The van der Waals surface area contributed by atoms with Crippen LogP contribution >= 0.6 is 0 Å². The lowest BCUT2D eigenvalue weighted by Gasteiger charge is -2.13. The van der Waals surface area contributed by atoms with E-state index in [4.69, 9.17) is 5.11 Å². The molecule has 5 heteroatoms. The topological polar surface area (TPSA) is 67.2 Å². The molecule has 1 fully saturated rings. The van der Waals surface area contributed by atoms with Gasteiger partial charge in [-0.1, -0.05) is 0 Å². The van der Waals surface area contributed by atoms with Crippen LogP contribution in [-0.2, 0) is 6.54 Å². The second-order valence-electron chi connectivity index (χ2n) is 4.26. The van der Waals surface area contributed by atoms with Crippen molar-refractivity contribution in [2.75, 3.05) is 13.6 Å². The zero-order valence-corrected chi connectivity index (χ0v) is 8.73. The first-order chi connectivity index (χ1) is 7.15. The Balaban J connectivity index is 2.02. The molecule has 82 valence electrons. The summed E-state index contributed by atoms with van der Waals surface area (Å²) in [6.45, 7) is 1.77. The minimum atomic E-state index is -0.917. The van der Waals surface area contributed by atoms with Crippen molar-refractivity contribution >= 4 is 5.97 Å². The van der Waals surface area contributed by atoms with E-state index in [1.165, 1.54) is 19.0 Å². The van der Waals surface area contributed by atoms with Crippen molar-refractivity contribution in [2.24, 2.45) is 5.41 Å². The molecule has 0 bridgehead atoms. The van der Waals surface area contributed by atoms with E-state index in [1.54, 1.807) is 10.9 Å². The summed E-state index contributed by atoms with van der Waals surface area (Å²) in [5, 5.41) is 16.0. The quantitative estimate of drug-likeness (QED) is 0.744. The molecule has 2 rings (SSSR count). The van der Waals surface area contributed by atoms with Crippen molar-refractivity contribution < 1.29 is 9.90 Å². The van der Waals surface area contributed by atoms with Crippen molar-refractivity contribution in [1.29, 1.82) is 0 Å². The summed E-state index contributed by atoms with van der Waals surface area (Å²) in [6.07, 6.45) is 5.38. The predicted octanol–water partition coefficient (Wildman–Crippen LogP) is 0.581. The number of rotatable bonds is 5. The van der Waals surface area contributed by atoms with Crippen LogP contribution in [0, 0.1) is 5.41 Å². The summed E-state index contributed by atoms with van der Waals surface area (Å²) in [4.78, 5) is 10.7. The minimum absolute atomic E-state index is 0.259. The molecule has 0 amide bonds. The highest BCUT2D eigenvalue weighted by molar-refractivity contribution is 5.86. The predicted molar refractivity (Wildman–Crippen MR) is 54.8 cm³/mol. The number of nitrogens with zero attached hydrogens (tertiary/aromatic N) is 2. The molecule has 0 aromatic carbocycles. The van der Waals surface area contributed by atoms with E-state index >= 15 is 0 Å². The van der Waals surface area contributed by atoms with Gasteiger partial charge in [0.05, 0.1) is 11.8 Å². The number of carboxylic acids is 1. The van der Waals surface area contributed by atoms with Gasteiger partial charge >= 0.3 is 5.97 Å². The van der Waals surface area contributed by atoms with Gasteiger partial charge in [0.1, 0.15) is 0 Å². The zero-order chi connectivity index (χ0) is 10.9. The maximum Gasteiger partial charge on any atom is 0.338 e. The Morgan fingerprint density at radius 2 is 2.47 bits per heavy atom. The molecule has 0 aliphatic heterocycles. The van der Waals surface area contributed by atoms with Gasteiger partial charge in [0.15, 0.2) is 0 Å². The monoisotopic (exact) mass is 209 g/mol. The molecule has 0 spiro atoms. The summed E-state index contributed by atoms with van der Waals surface area (Å²) in [7, 11) is 1.94. The van der Waals surface area contributed by atoms with E-state index in [1.807, 2.05) is 7.05 Å². The van der Waals surface area contributed by atoms with Gasteiger partial charge in [0.25, 0.3) is 0 Å². The van der Waals surface area contributed by atoms with Gasteiger partial charge in [-0.3, -0.25) is 4.68 Å². The molecule has 1 aromatic heterocycles. The molecule has 1 aliphatic rings. The molecular weight excluding hydrogens is 194 g/mol. The summed E-state index contributed by atoms with van der Waals surface area (Å²) in [5.41, 5.74) is 0.562. The van der Waals surface area contributed by atoms with Crippen LogP contribution in [-0.4, -0.2) is 34.4 Å². The zero-order valence-electron chi connectivity index (χ0n) is 8.73. The highest BCUT2D eigenvalue weighted by Crippen LogP contribution is 2.46. The Hall–Kier alpha value is -1.36. The first-order valence-corrected chi connectivity index (χ1v) is 5.06. The number of aromatic carboxylic acids is 1. The van der Waals surface area contributed by atoms with Crippen LogP contribution in [0.1, 0.15) is 23.2 Å². The summed E-state index contributed by atoms with van der Waals surface area (Å²) >= 11 is 0. The van der Waals surface area contributed by atoms with Gasteiger partial charge in [-0.05, 0) is 19.9 Å². The lowest BCUT2D eigenvalue weighted by Crippen LogP contribution is -2.24. The van der Waals surface area contributed by atoms with Gasteiger partial charge in [-0.25, -0.2) is 4.79 Å². The van der Waals surface area contributed by atoms with E-state index in [0.29, 0.717) is 5.41 Å². The normalized spacial score (nSPS) is 17.7. The maximum atomic E-state index is 10.7. The number of hydrogen-bond acceptors (Lipinski definition) is 3. The maximum absolute atomic E-state index is 10.7. The Bertz CT molecular complexity index is 368. The molecule has 0 saturated heterocycles. The molecule has 1 saturated carbocycles. The summed E-state index contributed by atoms with van der Waals surface area (Å²) in [5.74, 6) is -0.917. The molecule has 1 aliphatic carbocycles. The molecule has 15 heavy (non-hydrogen) atoms. The van der Waals surface area contributed by atoms with E-state index < -0.39 is 5.97 Å². The minimum Gasteiger partial charge on any atom is -0.478 e. The van der Waals surface area contributed by atoms with Crippen LogP contribution in [0.3, 0.4) is 0 Å². The SMILES string of the molecule is CNCC1(Cn2cc(C(=O)O)cn2)CC1. The standard InChI is InChI=1S/C10H15N3O2/c1-11-6-10(2-3-10)7-13-5-8(4-12-13)9(14)15/h4-5,11H,2-3,6-7H2,1H3,(H,14,15). The molecule has 0 unspecified atom stereocenters. The van der Waals surface area contributed by atoms with Gasteiger partial charge < -0.3 is 10.4 Å². The van der Waals surface area contributed by atoms with E-state index in [-0.39, 0.29) is 5.56 Å². The van der Waals surface area contributed by atoms with Crippen molar-refractivity contribution in [1.82, 2.24) is 15.1 Å². The van der Waals surface area contributed by atoms with Crippen molar-refractivity contribution in [3.8, 4) is 0 Å². The fourth-order valence-electron chi connectivity index (χ4n) is 1.85. The fourth-order valence-corrected chi connectivity index (χ4v) is 1.85. The van der Waals surface area contributed by atoms with Gasteiger partial charge in [-0.15, -0.1) is 0 Å². The van der Waals surface area contributed by atoms with Gasteiger partial charge in [0.2, 0.25) is 0 Å². The molecule has 0 radical (unpaired) electrons. The van der Waals surface area contributed by atoms with Crippen molar-refractivity contribution in [3.05, 3.63) is 18.0 Å². The molecule has 2 N–H and O–H groups in total. The van der Waals surface area contributed by atoms with Crippen LogP contribution in [0.15, 0.2) is 12.4 Å². The first kappa shape index (κ1) is 10.2. The second-order valence-corrected chi connectivity index (χ2v) is 4.26. The third-order valence-electron chi connectivity index (χ3n) is 2.89. The fraction of sp³-hybridized carbons (Fsp3) is 0.600. The van der Waals surface area contributed by atoms with Crippen molar-refractivity contribution in [3.63, 3.8) is 0 Å². The number of carbonyl (C=O) groups is 1. The molecular formula is C10H15N3O2. The molecule has 1 aromatic rings. The summed E-state index contributed by atoms with van der Waals surface area (Å²) < 4.78 is 1.73. The number of carboxylic acid groups (broad SMARTS) is 1. The number of aromatic nitrogens is 2. The Morgan fingerprint density at radius 3 is 2.93 bits per heavy atom. The Labute approximate surface area is 88.1 Å². The number of hydrogen-bond donors (Lipinski definition) is 2. The Morgan fingerprint density at radius 1 is 1.73 bits per heavy atom. The first-order valence-electron chi connectivity index (χ1n) is 5.06. The van der Waals surface area contributed by atoms with E-state index in [0.717, 1.165) is 13.1 Å². The highest BCUT2D eigenvalue weighted by atomic mass is 16.4. The lowest BCUT2D eigenvalue weighted by molar-refractivity contribution is 0.0696. The van der Waals surface area contributed by atoms with Crippen LogP contribution in [0.25, 0.3) is 0 Å². The molecule has 1 heterocycles. The highest BCUT2D eigenvalue weighted by Gasteiger charge is 2.42. The van der Waals surface area contributed by atoms with Crippen LogP contribution in [0.2, 0.25) is 0 Å². The van der Waals surface area contributed by atoms with Crippen LogP contribution < -0.4 is 5.32 Å². The number of nitrogens with one attached hydrogen (secondary N) is 1. The third kappa shape index (κ3) is 2.18. The average Bonchev–Trinajstić information content (AvgIpc) is 2.77. The molecule has 0 atom stereocenters. The second kappa shape index (κ2) is 3.66. The van der Waals surface area contributed by atoms with E-state index in [9.17, 15) is 4.79 Å². The van der Waals surface area contributed by atoms with Crippen molar-refractivity contribution in [2.45, 2.75) is 19.4 Å².